The lowest BCUT2D eigenvalue weighted by Crippen LogP contribution is -2.36. The lowest BCUT2D eigenvalue weighted by atomic mass is 10.2. The first-order valence-electron chi connectivity index (χ1n) is 7.00. The number of nitrogens with one attached hydrogen (secondary N) is 2. The number of hydrogen-bond donors (Lipinski definition) is 3. The van der Waals surface area contributed by atoms with Crippen molar-refractivity contribution in [1.29, 1.82) is 0 Å². The Hall–Kier alpha value is -2.74. The Kier molecular flexibility index (Phi) is 5.07. The van der Waals surface area contributed by atoms with Crippen molar-refractivity contribution in [1.82, 2.24) is 15.1 Å². The van der Waals surface area contributed by atoms with Gasteiger partial charge in [-0.2, -0.15) is 5.10 Å². The van der Waals surface area contributed by atoms with Gasteiger partial charge < -0.3 is 16.4 Å². The molecule has 0 saturated carbocycles. The second kappa shape index (κ2) is 7.01. The van der Waals surface area contributed by atoms with Crippen LogP contribution >= 0.6 is 0 Å². The molecule has 1 heterocycles. The van der Waals surface area contributed by atoms with Crippen molar-refractivity contribution >= 4 is 17.5 Å². The highest BCUT2D eigenvalue weighted by Crippen LogP contribution is 2.19. The smallest absolute Gasteiger partial charge is 0.243 e. The number of nitrogens with zero attached hydrogens (tertiary/aromatic N) is 2. The van der Waals surface area contributed by atoms with Gasteiger partial charge in [-0.3, -0.25) is 9.59 Å². The van der Waals surface area contributed by atoms with Crippen LogP contribution in [0.3, 0.4) is 0 Å². The maximum absolute atomic E-state index is 14.2. The summed E-state index contributed by atoms with van der Waals surface area (Å²) in [7, 11) is 0. The molecule has 0 aliphatic heterocycles. The molecule has 1 aromatic heterocycles. The van der Waals surface area contributed by atoms with Crippen molar-refractivity contribution in [2.45, 2.75) is 13.8 Å². The molecular weight excluding hydrogens is 301 g/mol. The Bertz CT molecular complexity index is 741. The minimum Gasteiger partial charge on any atom is -0.346 e. The van der Waals surface area contributed by atoms with E-state index in [4.69, 9.17) is 5.73 Å². The van der Waals surface area contributed by atoms with E-state index in [0.29, 0.717) is 11.4 Å². The first-order valence-corrected chi connectivity index (χ1v) is 7.00. The van der Waals surface area contributed by atoms with Crippen molar-refractivity contribution in [2.24, 2.45) is 5.73 Å². The third-order valence-corrected chi connectivity index (χ3v) is 3.10. The van der Waals surface area contributed by atoms with Crippen LogP contribution < -0.4 is 16.4 Å². The number of rotatable bonds is 5. The van der Waals surface area contributed by atoms with Crippen LogP contribution in [0.25, 0.3) is 5.69 Å². The molecule has 4 N–H and O–H groups in total. The fourth-order valence-corrected chi connectivity index (χ4v) is 2.09. The van der Waals surface area contributed by atoms with E-state index in [9.17, 15) is 14.0 Å². The molecule has 8 heteroatoms. The van der Waals surface area contributed by atoms with E-state index in [1.165, 1.54) is 16.8 Å². The first-order chi connectivity index (χ1) is 10.9. The number of aryl methyl sites for hydroxylation is 2. The van der Waals surface area contributed by atoms with E-state index in [-0.39, 0.29) is 13.1 Å². The zero-order chi connectivity index (χ0) is 17.0. The number of nitrogens with two attached hydrogens (primary N) is 1. The SMILES string of the molecule is Cc1cc(C)n(-c2ccc(NC(=O)CNC(=O)CN)cc2F)n1. The molecule has 2 amide bonds. The van der Waals surface area contributed by atoms with Gasteiger partial charge in [0.2, 0.25) is 11.8 Å². The summed E-state index contributed by atoms with van der Waals surface area (Å²) >= 11 is 0. The highest BCUT2D eigenvalue weighted by Gasteiger charge is 2.11. The fraction of sp³-hybridized carbons (Fsp3) is 0.267. The van der Waals surface area contributed by atoms with Gasteiger partial charge in [-0.1, -0.05) is 0 Å². The van der Waals surface area contributed by atoms with E-state index in [1.807, 2.05) is 19.9 Å². The normalized spacial score (nSPS) is 10.4. The number of halogens is 1. The summed E-state index contributed by atoms with van der Waals surface area (Å²) in [6, 6.07) is 6.14. The molecule has 0 bridgehead atoms. The molecule has 0 saturated heterocycles. The second-order valence-corrected chi connectivity index (χ2v) is 5.03. The summed E-state index contributed by atoms with van der Waals surface area (Å²) in [5, 5.41) is 9.05. The molecule has 0 aliphatic carbocycles. The quantitative estimate of drug-likeness (QED) is 0.752. The lowest BCUT2D eigenvalue weighted by Gasteiger charge is -2.10. The molecule has 0 aliphatic rings. The Labute approximate surface area is 132 Å². The molecule has 0 radical (unpaired) electrons. The van der Waals surface area contributed by atoms with Gasteiger partial charge in [-0.05, 0) is 38.1 Å². The third-order valence-electron chi connectivity index (χ3n) is 3.10. The molecular formula is C15H18FN5O2. The topological polar surface area (TPSA) is 102 Å². The summed E-state index contributed by atoms with van der Waals surface area (Å²) < 4.78 is 15.7. The van der Waals surface area contributed by atoms with Crippen LogP contribution in [0.5, 0.6) is 0 Å². The Morgan fingerprint density at radius 2 is 2.00 bits per heavy atom. The Morgan fingerprint density at radius 1 is 1.26 bits per heavy atom. The molecule has 0 unspecified atom stereocenters. The monoisotopic (exact) mass is 319 g/mol. The van der Waals surface area contributed by atoms with Gasteiger partial charge in [-0.25, -0.2) is 9.07 Å². The van der Waals surface area contributed by atoms with E-state index >= 15 is 0 Å². The highest BCUT2D eigenvalue weighted by molar-refractivity contribution is 5.94. The number of benzene rings is 1. The number of carbonyl (C=O) groups is 2. The fourth-order valence-electron chi connectivity index (χ4n) is 2.09. The summed E-state index contributed by atoms with van der Waals surface area (Å²) in [4.78, 5) is 22.6. The van der Waals surface area contributed by atoms with E-state index in [0.717, 1.165) is 11.4 Å². The van der Waals surface area contributed by atoms with Gasteiger partial charge in [0, 0.05) is 11.4 Å². The van der Waals surface area contributed by atoms with Crippen LogP contribution in [-0.4, -0.2) is 34.7 Å². The molecule has 2 aromatic rings. The van der Waals surface area contributed by atoms with Crippen LogP contribution in [0.4, 0.5) is 10.1 Å². The Balaban J connectivity index is 2.09. The molecule has 23 heavy (non-hydrogen) atoms. The second-order valence-electron chi connectivity index (χ2n) is 5.03. The third kappa shape index (κ3) is 4.13. The number of hydrogen-bond acceptors (Lipinski definition) is 4. The molecule has 122 valence electrons. The van der Waals surface area contributed by atoms with Crippen molar-refractivity contribution in [3.63, 3.8) is 0 Å². The number of aromatic nitrogens is 2. The predicted molar refractivity (Wildman–Crippen MR) is 83.7 cm³/mol. The van der Waals surface area contributed by atoms with Crippen LogP contribution in [-0.2, 0) is 9.59 Å². The number of amides is 2. The van der Waals surface area contributed by atoms with Crippen molar-refractivity contribution in [3.8, 4) is 5.69 Å². The molecule has 2 rings (SSSR count). The molecule has 0 atom stereocenters. The van der Waals surface area contributed by atoms with Gasteiger partial charge in [0.05, 0.1) is 18.8 Å². The van der Waals surface area contributed by atoms with Gasteiger partial charge >= 0.3 is 0 Å². The van der Waals surface area contributed by atoms with Gasteiger partial charge in [0.25, 0.3) is 0 Å². The maximum Gasteiger partial charge on any atom is 0.243 e. The van der Waals surface area contributed by atoms with Gasteiger partial charge in [0.15, 0.2) is 5.82 Å². The van der Waals surface area contributed by atoms with Crippen molar-refractivity contribution < 1.29 is 14.0 Å². The summed E-state index contributed by atoms with van der Waals surface area (Å²) in [5.74, 6) is -1.42. The average Bonchev–Trinajstić information content (AvgIpc) is 2.83. The van der Waals surface area contributed by atoms with Crippen molar-refractivity contribution in [2.75, 3.05) is 18.4 Å². The largest absolute Gasteiger partial charge is 0.346 e. The number of anilines is 1. The molecule has 1 aromatic carbocycles. The molecule has 7 nitrogen and oxygen atoms in total. The first kappa shape index (κ1) is 16.6. The van der Waals surface area contributed by atoms with Crippen LogP contribution in [0.2, 0.25) is 0 Å². The summed E-state index contributed by atoms with van der Waals surface area (Å²) in [6.45, 7) is 3.23. The minimum atomic E-state index is -0.514. The maximum atomic E-state index is 14.2. The van der Waals surface area contributed by atoms with Crippen LogP contribution in [0.15, 0.2) is 24.3 Å². The molecule has 0 spiro atoms. The van der Waals surface area contributed by atoms with Gasteiger partial charge in [0.1, 0.15) is 5.69 Å². The highest BCUT2D eigenvalue weighted by atomic mass is 19.1. The lowest BCUT2D eigenvalue weighted by molar-refractivity contribution is -0.123. The van der Waals surface area contributed by atoms with Gasteiger partial charge in [-0.15, -0.1) is 0 Å². The van der Waals surface area contributed by atoms with E-state index < -0.39 is 17.6 Å². The average molecular weight is 319 g/mol. The van der Waals surface area contributed by atoms with E-state index in [1.54, 1.807) is 6.07 Å². The zero-order valence-corrected chi connectivity index (χ0v) is 12.9. The van der Waals surface area contributed by atoms with Crippen LogP contribution in [0.1, 0.15) is 11.4 Å². The summed E-state index contributed by atoms with van der Waals surface area (Å²) in [6.07, 6.45) is 0. The molecule has 0 fully saturated rings. The predicted octanol–water partition coefficient (Wildman–Crippen LogP) is 0.642. The summed E-state index contributed by atoms with van der Waals surface area (Å²) in [5.41, 5.74) is 7.30. The standard InChI is InChI=1S/C15H18FN5O2/c1-9-5-10(2)21(20-9)13-4-3-11(6-12(13)16)19-15(23)8-18-14(22)7-17/h3-6H,7-8,17H2,1-2H3,(H,18,22)(H,19,23). The minimum absolute atomic E-state index is 0.195. The zero-order valence-electron chi connectivity index (χ0n) is 12.9. The Morgan fingerprint density at radius 3 is 2.57 bits per heavy atom. The van der Waals surface area contributed by atoms with Crippen molar-refractivity contribution in [3.05, 3.63) is 41.5 Å². The van der Waals surface area contributed by atoms with Crippen LogP contribution in [0, 0.1) is 19.7 Å². The van der Waals surface area contributed by atoms with E-state index in [2.05, 4.69) is 15.7 Å². The number of carbonyl (C=O) groups excluding carboxylic acids is 2.